The summed E-state index contributed by atoms with van der Waals surface area (Å²) in [6, 6.07) is 0. The van der Waals surface area contributed by atoms with Gasteiger partial charge in [-0.2, -0.15) is 0 Å². The second-order valence-corrected chi connectivity index (χ2v) is 5.69. The number of hydrogen-bond donors (Lipinski definition) is 0. The highest BCUT2D eigenvalue weighted by atomic mass is 16.5. The van der Waals surface area contributed by atoms with E-state index >= 15 is 0 Å². The fourth-order valence-electron chi connectivity index (χ4n) is 3.52. The van der Waals surface area contributed by atoms with E-state index in [2.05, 4.69) is 13.8 Å². The van der Waals surface area contributed by atoms with E-state index in [0.717, 1.165) is 18.3 Å². The molecule has 1 heterocycles. The second-order valence-electron chi connectivity index (χ2n) is 5.69. The van der Waals surface area contributed by atoms with Crippen molar-refractivity contribution in [1.82, 2.24) is 0 Å². The van der Waals surface area contributed by atoms with E-state index in [1.807, 2.05) is 6.92 Å². The van der Waals surface area contributed by atoms with Crippen LogP contribution in [0.25, 0.3) is 0 Å². The Morgan fingerprint density at radius 3 is 2.67 bits per heavy atom. The van der Waals surface area contributed by atoms with E-state index < -0.39 is 0 Å². The summed E-state index contributed by atoms with van der Waals surface area (Å²) in [5.41, 5.74) is 0.313. The van der Waals surface area contributed by atoms with Crippen LogP contribution in [0.15, 0.2) is 0 Å². The zero-order chi connectivity index (χ0) is 11.1. The van der Waals surface area contributed by atoms with Gasteiger partial charge in [0, 0.05) is 5.41 Å². The predicted molar refractivity (Wildman–Crippen MR) is 59.4 cm³/mol. The lowest BCUT2D eigenvalue weighted by Gasteiger charge is -2.39. The molecule has 0 radical (unpaired) electrons. The highest BCUT2D eigenvalue weighted by molar-refractivity contribution is 5.72. The van der Waals surface area contributed by atoms with Gasteiger partial charge in [0.1, 0.15) is 0 Å². The molecule has 1 aliphatic heterocycles. The highest BCUT2D eigenvalue weighted by Gasteiger charge is 2.49. The average Bonchev–Trinajstić information content (AvgIpc) is 2.51. The molecular formula is C13H22O2. The van der Waals surface area contributed by atoms with Crippen LogP contribution in [0.4, 0.5) is 0 Å². The van der Waals surface area contributed by atoms with Crippen molar-refractivity contribution in [1.29, 1.82) is 0 Å². The van der Waals surface area contributed by atoms with Gasteiger partial charge in [-0.1, -0.05) is 27.2 Å². The predicted octanol–water partition coefficient (Wildman–Crippen LogP) is 3.01. The van der Waals surface area contributed by atoms with Crippen molar-refractivity contribution < 1.29 is 9.53 Å². The number of cyclic esters (lactones) is 1. The summed E-state index contributed by atoms with van der Waals surface area (Å²) < 4.78 is 5.35. The van der Waals surface area contributed by atoms with Gasteiger partial charge in [-0.15, -0.1) is 0 Å². The van der Waals surface area contributed by atoms with Gasteiger partial charge >= 0.3 is 5.97 Å². The van der Waals surface area contributed by atoms with Gasteiger partial charge in [0.2, 0.25) is 0 Å². The first-order valence-corrected chi connectivity index (χ1v) is 6.24. The van der Waals surface area contributed by atoms with Gasteiger partial charge in [0.15, 0.2) is 0 Å². The molecule has 0 bridgehead atoms. The maximum absolute atomic E-state index is 11.4. The lowest BCUT2D eigenvalue weighted by molar-refractivity contribution is -0.163. The summed E-state index contributed by atoms with van der Waals surface area (Å²) in [4.78, 5) is 11.4. The first kappa shape index (κ1) is 11.0. The molecule has 0 aromatic carbocycles. The third-order valence-electron chi connectivity index (χ3n) is 4.62. The lowest BCUT2D eigenvalue weighted by atomic mass is 9.71. The molecular weight excluding hydrogens is 188 g/mol. The Bertz CT molecular complexity index is 261. The molecule has 0 aromatic rings. The topological polar surface area (TPSA) is 26.3 Å². The van der Waals surface area contributed by atoms with E-state index in [4.69, 9.17) is 4.74 Å². The molecule has 4 unspecified atom stereocenters. The van der Waals surface area contributed by atoms with E-state index in [1.54, 1.807) is 0 Å². The average molecular weight is 210 g/mol. The molecule has 1 saturated heterocycles. The molecule has 2 heteroatoms. The number of ether oxygens (including phenoxy) is 1. The Morgan fingerprint density at radius 1 is 1.40 bits per heavy atom. The van der Waals surface area contributed by atoms with Crippen molar-refractivity contribution in [2.75, 3.05) is 6.61 Å². The van der Waals surface area contributed by atoms with Gasteiger partial charge in [0.05, 0.1) is 12.5 Å². The van der Waals surface area contributed by atoms with Gasteiger partial charge in [-0.25, -0.2) is 0 Å². The first-order valence-electron chi connectivity index (χ1n) is 6.24. The summed E-state index contributed by atoms with van der Waals surface area (Å²) >= 11 is 0. The molecule has 4 atom stereocenters. The minimum absolute atomic E-state index is 0.00720. The Balaban J connectivity index is 2.10. The normalized spacial score (nSPS) is 45.8. The minimum Gasteiger partial charge on any atom is -0.465 e. The van der Waals surface area contributed by atoms with Crippen LogP contribution in [0, 0.1) is 23.2 Å². The molecule has 1 spiro atoms. The van der Waals surface area contributed by atoms with Gasteiger partial charge in [-0.3, -0.25) is 4.79 Å². The quantitative estimate of drug-likeness (QED) is 0.622. The zero-order valence-corrected chi connectivity index (χ0v) is 10.1. The molecule has 2 fully saturated rings. The fraction of sp³-hybridized carbons (Fsp3) is 0.923. The van der Waals surface area contributed by atoms with Crippen molar-refractivity contribution in [3.8, 4) is 0 Å². The van der Waals surface area contributed by atoms with Crippen LogP contribution in [-0.2, 0) is 9.53 Å². The van der Waals surface area contributed by atoms with Crippen molar-refractivity contribution in [2.45, 2.75) is 46.5 Å². The molecule has 1 aliphatic carbocycles. The molecule has 0 amide bonds. The molecule has 2 rings (SSSR count). The maximum Gasteiger partial charge on any atom is 0.308 e. The van der Waals surface area contributed by atoms with Crippen molar-refractivity contribution >= 4 is 5.97 Å². The summed E-state index contributed by atoms with van der Waals surface area (Å²) in [7, 11) is 0. The van der Waals surface area contributed by atoms with E-state index in [1.165, 1.54) is 19.3 Å². The standard InChI is InChI=1S/C13H22O2/c1-4-11-5-10(3)13(7-11)6-9(2)12(14)15-8-13/h9-11H,4-8H2,1-3H3. The Hall–Kier alpha value is -0.530. The molecule has 0 N–H and O–H groups in total. The molecule has 0 aromatic heterocycles. The largest absolute Gasteiger partial charge is 0.465 e. The monoisotopic (exact) mass is 210 g/mol. The number of carbonyl (C=O) groups is 1. The van der Waals surface area contributed by atoms with Gasteiger partial charge < -0.3 is 4.74 Å². The molecule has 2 nitrogen and oxygen atoms in total. The van der Waals surface area contributed by atoms with E-state index in [9.17, 15) is 4.79 Å². The number of carbonyl (C=O) groups excluding carboxylic acids is 1. The second kappa shape index (κ2) is 3.80. The SMILES string of the molecule is CCC1CC(C)C2(COC(=O)C(C)C2)C1. The molecule has 15 heavy (non-hydrogen) atoms. The Labute approximate surface area is 92.4 Å². The Morgan fingerprint density at radius 2 is 2.13 bits per heavy atom. The van der Waals surface area contributed by atoms with Crippen molar-refractivity contribution in [3.63, 3.8) is 0 Å². The molecule has 2 aliphatic rings. The van der Waals surface area contributed by atoms with Crippen LogP contribution in [0.2, 0.25) is 0 Å². The highest BCUT2D eigenvalue weighted by Crippen LogP contribution is 2.52. The minimum atomic E-state index is 0.00720. The third kappa shape index (κ3) is 1.79. The van der Waals surface area contributed by atoms with E-state index in [0.29, 0.717) is 12.0 Å². The number of hydrogen-bond acceptors (Lipinski definition) is 2. The van der Waals surface area contributed by atoms with Crippen LogP contribution < -0.4 is 0 Å². The van der Waals surface area contributed by atoms with Crippen LogP contribution in [0.5, 0.6) is 0 Å². The van der Waals surface area contributed by atoms with Crippen LogP contribution in [0.3, 0.4) is 0 Å². The summed E-state index contributed by atoms with van der Waals surface area (Å²) in [5, 5.41) is 0. The lowest BCUT2D eigenvalue weighted by Crippen LogP contribution is -2.40. The first-order chi connectivity index (χ1) is 7.07. The van der Waals surface area contributed by atoms with Crippen LogP contribution >= 0.6 is 0 Å². The maximum atomic E-state index is 11.4. The summed E-state index contributed by atoms with van der Waals surface area (Å²) in [6.45, 7) is 7.29. The smallest absolute Gasteiger partial charge is 0.308 e. The van der Waals surface area contributed by atoms with Gasteiger partial charge in [0.25, 0.3) is 0 Å². The van der Waals surface area contributed by atoms with Crippen molar-refractivity contribution in [2.24, 2.45) is 23.2 Å². The molecule has 1 saturated carbocycles. The summed E-state index contributed by atoms with van der Waals surface area (Å²) in [6.07, 6.45) is 4.90. The van der Waals surface area contributed by atoms with Gasteiger partial charge in [-0.05, 0) is 31.1 Å². The van der Waals surface area contributed by atoms with Crippen molar-refractivity contribution in [3.05, 3.63) is 0 Å². The molecule has 86 valence electrons. The van der Waals surface area contributed by atoms with Crippen LogP contribution in [-0.4, -0.2) is 12.6 Å². The number of rotatable bonds is 1. The van der Waals surface area contributed by atoms with E-state index in [-0.39, 0.29) is 11.9 Å². The summed E-state index contributed by atoms with van der Waals surface area (Å²) in [5.74, 6) is 1.69. The Kier molecular flexibility index (Phi) is 2.78. The van der Waals surface area contributed by atoms with Crippen LogP contribution in [0.1, 0.15) is 46.5 Å². The zero-order valence-electron chi connectivity index (χ0n) is 10.1. The third-order valence-corrected chi connectivity index (χ3v) is 4.62. The fourth-order valence-corrected chi connectivity index (χ4v) is 3.52. The number of esters is 1.